The van der Waals surface area contributed by atoms with Gasteiger partial charge in [0.2, 0.25) is 0 Å². The number of fused-ring (bicyclic) bond motifs is 2. The molecule has 0 amide bonds. The molecule has 0 N–H and O–H groups in total. The van der Waals surface area contributed by atoms with Crippen molar-refractivity contribution in [3.63, 3.8) is 0 Å². The fourth-order valence-electron chi connectivity index (χ4n) is 7.34. The van der Waals surface area contributed by atoms with Crippen molar-refractivity contribution in [1.29, 1.82) is 0 Å². The summed E-state index contributed by atoms with van der Waals surface area (Å²) in [6, 6.07) is 28.3. The molecule has 0 radical (unpaired) electrons. The Labute approximate surface area is 344 Å². The van der Waals surface area contributed by atoms with E-state index in [1.165, 1.54) is 98.7 Å². The van der Waals surface area contributed by atoms with Crippen molar-refractivity contribution in [1.82, 2.24) is 0 Å². The van der Waals surface area contributed by atoms with Gasteiger partial charge in [-0.1, -0.05) is 159 Å². The molecule has 5 heteroatoms. The van der Waals surface area contributed by atoms with Gasteiger partial charge < -0.3 is 6.92 Å². The van der Waals surface area contributed by atoms with Gasteiger partial charge in [0, 0.05) is 0 Å². The number of aryl methyl sites for hydroxylation is 4. The molecule has 0 spiro atoms. The first-order valence-corrected chi connectivity index (χ1v) is 32.5. The third-order valence-corrected chi connectivity index (χ3v) is 15.3. The summed E-state index contributed by atoms with van der Waals surface area (Å²) < 4.78 is 0. The quantitative estimate of drug-likeness (QED) is 0.116. The molecule has 0 aliphatic rings. The number of hydrogen-bond acceptors (Lipinski definition) is 0. The van der Waals surface area contributed by atoms with Crippen molar-refractivity contribution in [2.45, 2.75) is 114 Å². The van der Waals surface area contributed by atoms with Crippen LogP contribution in [0.2, 0.25) is 39.3 Å². The van der Waals surface area contributed by atoms with Crippen LogP contribution >= 0.6 is 17.0 Å². The normalized spacial score (nSPS) is 11.4. The summed E-state index contributed by atoms with van der Waals surface area (Å²) in [5.41, 5.74) is 17.0. The van der Waals surface area contributed by atoms with Crippen molar-refractivity contribution < 1.29 is 20.8 Å². The van der Waals surface area contributed by atoms with Gasteiger partial charge in [0.1, 0.15) is 0 Å². The van der Waals surface area contributed by atoms with Crippen LogP contribution < -0.4 is 10.4 Å². The van der Waals surface area contributed by atoms with Gasteiger partial charge in [-0.05, 0) is 51.7 Å². The molecular formula is C48H63Cl2Si2Zr-3. The molecule has 0 unspecified atom stereocenters. The summed E-state index contributed by atoms with van der Waals surface area (Å²) in [6.07, 6.45) is 2.19. The van der Waals surface area contributed by atoms with E-state index in [2.05, 4.69) is 174 Å². The van der Waals surface area contributed by atoms with E-state index in [-0.39, 0.29) is 0 Å². The molecule has 0 atom stereocenters. The summed E-state index contributed by atoms with van der Waals surface area (Å²) in [7, 11) is 7.38. The molecule has 53 heavy (non-hydrogen) atoms. The van der Waals surface area contributed by atoms with Gasteiger partial charge in [-0.2, -0.15) is 19.1 Å². The Kier molecular flexibility index (Phi) is 16.5. The second-order valence-electron chi connectivity index (χ2n) is 16.3. The molecule has 0 fully saturated rings. The Morgan fingerprint density at radius 2 is 0.792 bits per heavy atom. The van der Waals surface area contributed by atoms with E-state index < -0.39 is 37.0 Å². The summed E-state index contributed by atoms with van der Waals surface area (Å²) in [6.45, 7) is 37.6. The second kappa shape index (κ2) is 19.2. The van der Waals surface area contributed by atoms with Crippen LogP contribution in [0.4, 0.5) is 0 Å². The number of hydrogen-bond donors (Lipinski definition) is 0. The zero-order chi connectivity index (χ0) is 40.0. The van der Waals surface area contributed by atoms with Crippen LogP contribution in [0.3, 0.4) is 0 Å². The minimum absolute atomic E-state index is 0.826. The van der Waals surface area contributed by atoms with E-state index in [4.69, 9.17) is 17.0 Å². The number of rotatable bonds is 6. The summed E-state index contributed by atoms with van der Waals surface area (Å²) in [4.78, 5) is 0. The third-order valence-electron chi connectivity index (χ3n) is 11.1. The Hall–Kier alpha value is -2.00. The second-order valence-corrected chi connectivity index (χ2v) is 30.2. The molecule has 6 aromatic carbocycles. The summed E-state index contributed by atoms with van der Waals surface area (Å²) >= 11 is -0.826. The van der Waals surface area contributed by atoms with Gasteiger partial charge in [0.05, 0.1) is 16.1 Å². The zero-order valence-corrected chi connectivity index (χ0v) is 41.3. The van der Waals surface area contributed by atoms with Crippen LogP contribution in [-0.4, -0.2) is 16.1 Å². The van der Waals surface area contributed by atoms with Crippen LogP contribution in [0, 0.1) is 48.5 Å². The van der Waals surface area contributed by atoms with Crippen LogP contribution in [0.5, 0.6) is 0 Å². The summed E-state index contributed by atoms with van der Waals surface area (Å²) in [5.74, 6) is 0. The molecule has 0 aromatic heterocycles. The van der Waals surface area contributed by atoms with Crippen molar-refractivity contribution in [2.24, 2.45) is 0 Å². The monoisotopic (exact) mass is 855 g/mol. The topological polar surface area (TPSA) is 0 Å². The van der Waals surface area contributed by atoms with E-state index in [0.29, 0.717) is 0 Å². The number of halogens is 2. The van der Waals surface area contributed by atoms with E-state index in [0.717, 1.165) is 12.8 Å². The maximum absolute atomic E-state index is 4.93. The molecule has 0 saturated heterocycles. The van der Waals surface area contributed by atoms with Crippen molar-refractivity contribution in [3.8, 4) is 22.3 Å². The molecule has 284 valence electrons. The van der Waals surface area contributed by atoms with E-state index in [9.17, 15) is 0 Å². The Balaban J connectivity index is 0.000000255. The van der Waals surface area contributed by atoms with Gasteiger partial charge in [0.15, 0.2) is 0 Å². The molecular weight excluding hydrogens is 795 g/mol. The van der Waals surface area contributed by atoms with Crippen molar-refractivity contribution in [2.75, 3.05) is 0 Å². The molecule has 0 saturated carbocycles. The minimum atomic E-state index is -1.25. The standard InChI is InChI=1S/2C23H29Si.C2H5.2ClH.Zr/c2*1-8-18-13-21-16(3)15(2)17(4)23(22(21)14-18)19-9-11-20(12-10-19)24(5,6)7;1-2;;;/h2*9-14H,8H2,1-7H3;1H2,2H3;2*1H;/q3*-1;;;+2/p-2. The SMILES string of the molecule is CCc1cc2c(-c3ccc([Si](C)(C)C)cc3)c(C)c(C)c(C)c2[cH-]1.CCc1cc2c(-c3ccc([Si](C)(C)C)cc3)c(C)c(C)c(C)c2[cH-]1.[CH2-]C.[Cl][Zr][Cl]. The predicted molar refractivity (Wildman–Crippen MR) is 246 cm³/mol. The Morgan fingerprint density at radius 1 is 0.509 bits per heavy atom. The fourth-order valence-corrected chi connectivity index (χ4v) is 9.68. The van der Waals surface area contributed by atoms with Crippen LogP contribution in [-0.2, 0) is 33.7 Å². The Bertz CT molecular complexity index is 1960. The third kappa shape index (κ3) is 10.3. The van der Waals surface area contributed by atoms with E-state index in [1.54, 1.807) is 6.92 Å². The zero-order valence-electron chi connectivity index (χ0n) is 35.3. The van der Waals surface area contributed by atoms with Crippen molar-refractivity contribution >= 4 is 65.1 Å². The van der Waals surface area contributed by atoms with Gasteiger partial charge in [-0.25, -0.2) is 0 Å². The fraction of sp³-hybridized carbons (Fsp3) is 0.354. The predicted octanol–water partition coefficient (Wildman–Crippen LogP) is 14.7. The molecule has 0 bridgehead atoms. The molecule has 0 aliphatic carbocycles. The molecule has 0 heterocycles. The Morgan fingerprint density at radius 3 is 1.04 bits per heavy atom. The van der Waals surface area contributed by atoms with Crippen LogP contribution in [0.1, 0.15) is 65.3 Å². The van der Waals surface area contributed by atoms with Gasteiger partial charge in [-0.3, -0.25) is 0 Å². The summed E-state index contributed by atoms with van der Waals surface area (Å²) in [5, 5.41) is 8.77. The average molecular weight is 858 g/mol. The van der Waals surface area contributed by atoms with Gasteiger partial charge >= 0.3 is 37.9 Å². The molecule has 0 aliphatic heterocycles. The van der Waals surface area contributed by atoms with Crippen LogP contribution in [0.15, 0.2) is 72.8 Å². The number of benzene rings is 4. The van der Waals surface area contributed by atoms with Crippen molar-refractivity contribution in [3.05, 3.63) is 124 Å². The van der Waals surface area contributed by atoms with E-state index >= 15 is 0 Å². The molecule has 6 aromatic rings. The van der Waals surface area contributed by atoms with E-state index in [1.807, 2.05) is 0 Å². The van der Waals surface area contributed by atoms with Crippen LogP contribution in [0.25, 0.3) is 43.8 Å². The molecule has 6 rings (SSSR count). The van der Waals surface area contributed by atoms with Gasteiger partial charge in [0.25, 0.3) is 0 Å². The average Bonchev–Trinajstić information content (AvgIpc) is 3.76. The van der Waals surface area contributed by atoms with Gasteiger partial charge in [-0.15, -0.1) is 55.9 Å². The maximum atomic E-state index is 4.93. The first-order valence-electron chi connectivity index (χ1n) is 19.2. The first-order chi connectivity index (χ1) is 24.9. The first kappa shape index (κ1) is 45.4. The molecule has 0 nitrogen and oxygen atoms in total.